The van der Waals surface area contributed by atoms with Crippen molar-refractivity contribution in [3.05, 3.63) is 58.9 Å². The van der Waals surface area contributed by atoms with Gasteiger partial charge in [0.05, 0.1) is 17.2 Å². The fraction of sp³-hybridized carbons (Fsp3) is 0.188. The lowest BCUT2D eigenvalue weighted by Crippen LogP contribution is -2.14. The molecule has 1 N–H and O–H groups in total. The second kappa shape index (κ2) is 7.77. The number of methoxy groups -OCH3 is 1. The van der Waals surface area contributed by atoms with Crippen molar-refractivity contribution in [3.63, 3.8) is 0 Å². The lowest BCUT2D eigenvalue weighted by Gasteiger charge is -2.11. The van der Waals surface area contributed by atoms with Crippen LogP contribution in [0, 0.1) is 5.82 Å². The first-order valence-corrected chi connectivity index (χ1v) is 6.97. The highest BCUT2D eigenvalue weighted by molar-refractivity contribution is 6.31. The second-order valence-electron chi connectivity index (χ2n) is 4.42. The molecule has 0 aliphatic heterocycles. The number of hydrogen-bond donors (Lipinski definition) is 1. The fourth-order valence-corrected chi connectivity index (χ4v) is 1.97. The van der Waals surface area contributed by atoms with Crippen molar-refractivity contribution in [3.8, 4) is 5.75 Å². The molecule has 4 nitrogen and oxygen atoms in total. The van der Waals surface area contributed by atoms with E-state index in [4.69, 9.17) is 21.1 Å². The highest BCUT2D eigenvalue weighted by Crippen LogP contribution is 2.22. The third-order valence-electron chi connectivity index (χ3n) is 2.85. The Hall–Kier alpha value is -2.11. The minimum absolute atomic E-state index is 0.0533. The van der Waals surface area contributed by atoms with E-state index in [2.05, 4.69) is 5.32 Å². The van der Waals surface area contributed by atoms with E-state index in [0.717, 1.165) is 0 Å². The van der Waals surface area contributed by atoms with Gasteiger partial charge >= 0.3 is 0 Å². The molecule has 6 heteroatoms. The van der Waals surface area contributed by atoms with Crippen LogP contribution in [0.25, 0.3) is 0 Å². The molecule has 0 aromatic heterocycles. The van der Waals surface area contributed by atoms with Crippen LogP contribution in [-0.4, -0.2) is 26.2 Å². The van der Waals surface area contributed by atoms with E-state index < -0.39 is 5.82 Å². The maximum absolute atomic E-state index is 13.1. The minimum atomic E-state index is -0.539. The van der Waals surface area contributed by atoms with Crippen LogP contribution in [-0.2, 0) is 4.74 Å². The molecule has 0 atom stereocenters. The highest BCUT2D eigenvalue weighted by atomic mass is 35.5. The predicted molar refractivity (Wildman–Crippen MR) is 83.2 cm³/mol. The molecule has 0 aliphatic carbocycles. The van der Waals surface area contributed by atoms with Crippen LogP contribution in [0.3, 0.4) is 0 Å². The molecule has 0 bridgehead atoms. The lowest BCUT2D eigenvalue weighted by atomic mass is 10.2. The van der Waals surface area contributed by atoms with Crippen LogP contribution in [0.15, 0.2) is 42.5 Å². The molecule has 0 heterocycles. The number of carbonyl (C=O) groups is 1. The highest BCUT2D eigenvalue weighted by Gasteiger charge is 2.13. The number of nitrogens with one attached hydrogen (secondary N) is 1. The fourth-order valence-electron chi connectivity index (χ4n) is 1.79. The van der Waals surface area contributed by atoms with Crippen LogP contribution >= 0.6 is 11.6 Å². The Labute approximate surface area is 132 Å². The molecule has 0 unspecified atom stereocenters. The van der Waals surface area contributed by atoms with Crippen LogP contribution in [0.5, 0.6) is 5.75 Å². The maximum atomic E-state index is 13.1. The van der Waals surface area contributed by atoms with Crippen molar-refractivity contribution in [2.24, 2.45) is 0 Å². The van der Waals surface area contributed by atoms with Crippen LogP contribution in [0.2, 0.25) is 5.02 Å². The van der Waals surface area contributed by atoms with Crippen LogP contribution in [0.1, 0.15) is 10.4 Å². The van der Waals surface area contributed by atoms with Crippen molar-refractivity contribution in [1.29, 1.82) is 0 Å². The van der Waals surface area contributed by atoms with Crippen molar-refractivity contribution in [2.45, 2.75) is 0 Å². The third-order valence-corrected chi connectivity index (χ3v) is 3.14. The summed E-state index contributed by atoms with van der Waals surface area (Å²) in [6, 6.07) is 10.8. The van der Waals surface area contributed by atoms with Gasteiger partial charge in [0.1, 0.15) is 18.2 Å². The molecule has 2 rings (SSSR count). The van der Waals surface area contributed by atoms with Crippen LogP contribution < -0.4 is 10.1 Å². The zero-order chi connectivity index (χ0) is 15.9. The number of halogens is 2. The van der Waals surface area contributed by atoms with E-state index in [0.29, 0.717) is 30.2 Å². The van der Waals surface area contributed by atoms with E-state index in [1.54, 1.807) is 31.4 Å². The first-order chi connectivity index (χ1) is 10.6. The van der Waals surface area contributed by atoms with E-state index in [1.807, 2.05) is 0 Å². The van der Waals surface area contributed by atoms with Crippen molar-refractivity contribution < 1.29 is 18.7 Å². The van der Waals surface area contributed by atoms with Gasteiger partial charge in [-0.05, 0) is 30.3 Å². The van der Waals surface area contributed by atoms with Gasteiger partial charge in [0, 0.05) is 12.8 Å². The molecule has 22 heavy (non-hydrogen) atoms. The summed E-state index contributed by atoms with van der Waals surface area (Å²) in [6.07, 6.45) is 0. The Morgan fingerprint density at radius 2 is 2.00 bits per heavy atom. The predicted octanol–water partition coefficient (Wildman–Crippen LogP) is 3.76. The summed E-state index contributed by atoms with van der Waals surface area (Å²) in [5.41, 5.74) is 0.780. The van der Waals surface area contributed by atoms with Crippen LogP contribution in [0.4, 0.5) is 10.1 Å². The average molecular weight is 324 g/mol. The summed E-state index contributed by atoms with van der Waals surface area (Å²) in [4.78, 5) is 12.3. The molecule has 0 spiro atoms. The lowest BCUT2D eigenvalue weighted by molar-refractivity contribution is 0.101. The minimum Gasteiger partial charge on any atom is -0.490 e. The SMILES string of the molecule is COCCOc1ccccc1C(=O)Nc1ccc(F)c(Cl)c1. The third kappa shape index (κ3) is 4.19. The molecule has 2 aromatic rings. The van der Waals surface area contributed by atoms with E-state index in [9.17, 15) is 9.18 Å². The summed E-state index contributed by atoms with van der Waals surface area (Å²) < 4.78 is 23.5. The van der Waals surface area contributed by atoms with Crippen molar-refractivity contribution in [2.75, 3.05) is 25.6 Å². The van der Waals surface area contributed by atoms with Gasteiger partial charge in [0.25, 0.3) is 5.91 Å². The van der Waals surface area contributed by atoms with Gasteiger partial charge in [-0.3, -0.25) is 4.79 Å². The zero-order valence-corrected chi connectivity index (χ0v) is 12.7. The molecule has 0 saturated heterocycles. The Morgan fingerprint density at radius 1 is 1.23 bits per heavy atom. The van der Waals surface area contributed by atoms with Gasteiger partial charge < -0.3 is 14.8 Å². The number of ether oxygens (including phenoxy) is 2. The monoisotopic (exact) mass is 323 g/mol. The molecule has 116 valence electrons. The zero-order valence-electron chi connectivity index (χ0n) is 11.9. The maximum Gasteiger partial charge on any atom is 0.259 e. The van der Waals surface area contributed by atoms with Crippen molar-refractivity contribution >= 4 is 23.2 Å². The number of rotatable bonds is 6. The summed E-state index contributed by atoms with van der Waals surface area (Å²) in [5, 5.41) is 2.60. The number of benzene rings is 2. The van der Waals surface area contributed by atoms with Crippen molar-refractivity contribution in [1.82, 2.24) is 0 Å². The van der Waals surface area contributed by atoms with Gasteiger partial charge in [0.15, 0.2) is 0 Å². The first kappa shape index (κ1) is 16.3. The normalized spacial score (nSPS) is 10.3. The Balaban J connectivity index is 2.13. The number of para-hydroxylation sites is 1. The summed E-state index contributed by atoms with van der Waals surface area (Å²) in [6.45, 7) is 0.757. The quantitative estimate of drug-likeness (QED) is 0.823. The molecule has 1 amide bonds. The van der Waals surface area contributed by atoms with Gasteiger partial charge in [-0.15, -0.1) is 0 Å². The van der Waals surface area contributed by atoms with E-state index >= 15 is 0 Å². The first-order valence-electron chi connectivity index (χ1n) is 6.59. The van der Waals surface area contributed by atoms with Gasteiger partial charge in [-0.2, -0.15) is 0 Å². The Kier molecular flexibility index (Phi) is 5.75. The Bertz CT molecular complexity index is 664. The molecule has 0 saturated carbocycles. The summed E-state index contributed by atoms with van der Waals surface area (Å²) in [5.74, 6) is -0.455. The smallest absolute Gasteiger partial charge is 0.259 e. The van der Waals surface area contributed by atoms with Gasteiger partial charge in [0.2, 0.25) is 0 Å². The van der Waals surface area contributed by atoms with E-state index in [-0.39, 0.29) is 10.9 Å². The second-order valence-corrected chi connectivity index (χ2v) is 4.83. The summed E-state index contributed by atoms with van der Waals surface area (Å²) in [7, 11) is 1.57. The molecule has 2 aromatic carbocycles. The molecule has 0 aliphatic rings. The average Bonchev–Trinajstić information content (AvgIpc) is 2.51. The standard InChI is InChI=1S/C16H15ClFNO3/c1-21-8-9-22-15-5-3-2-4-12(15)16(20)19-11-6-7-14(18)13(17)10-11/h2-7,10H,8-9H2,1H3,(H,19,20). The number of hydrogen-bond acceptors (Lipinski definition) is 3. The largest absolute Gasteiger partial charge is 0.490 e. The van der Waals surface area contributed by atoms with Gasteiger partial charge in [-0.1, -0.05) is 23.7 Å². The van der Waals surface area contributed by atoms with Gasteiger partial charge in [-0.25, -0.2) is 4.39 Å². The molecule has 0 radical (unpaired) electrons. The molecule has 0 fully saturated rings. The summed E-state index contributed by atoms with van der Waals surface area (Å²) >= 11 is 5.69. The number of carbonyl (C=O) groups excluding carboxylic acids is 1. The topological polar surface area (TPSA) is 47.6 Å². The molecular formula is C16H15ClFNO3. The number of anilines is 1. The molecular weight excluding hydrogens is 309 g/mol. The Morgan fingerprint density at radius 3 is 2.73 bits per heavy atom. The number of amides is 1. The van der Waals surface area contributed by atoms with E-state index in [1.165, 1.54) is 18.2 Å².